The minimum Gasteiger partial charge on any atom is -0.135 e. The first kappa shape index (κ1) is 21.2. The summed E-state index contributed by atoms with van der Waals surface area (Å²) in [6.07, 6.45) is 31.3. The molecule has 4 aliphatic carbocycles. The lowest BCUT2D eigenvalue weighted by molar-refractivity contribution is 0.486. The Morgan fingerprint density at radius 1 is 0.333 bits per heavy atom. The molecule has 0 aromatic carbocycles. The van der Waals surface area contributed by atoms with Crippen LogP contribution in [0.1, 0.15) is 128 Å². The van der Waals surface area contributed by atoms with Gasteiger partial charge in [0.25, 0.3) is 0 Å². The zero-order valence-electron chi connectivity index (χ0n) is 17.9. The highest BCUT2D eigenvalue weighted by molar-refractivity contribution is 8.15. The average molecular weight is 405 g/mol. The van der Waals surface area contributed by atoms with E-state index < -0.39 is 0 Å². The van der Waals surface area contributed by atoms with E-state index in [-0.39, 0.29) is 15.6 Å². The van der Waals surface area contributed by atoms with Crippen molar-refractivity contribution in [3.63, 3.8) is 0 Å². The van der Waals surface area contributed by atoms with Crippen molar-refractivity contribution >= 4 is 22.3 Å². The Morgan fingerprint density at radius 3 is 0.778 bits per heavy atom. The lowest BCUT2D eigenvalue weighted by atomic mass is 9.99. The summed E-state index contributed by atoms with van der Waals surface area (Å²) in [6, 6.07) is 0. The van der Waals surface area contributed by atoms with E-state index in [1.165, 1.54) is 25.7 Å². The van der Waals surface area contributed by atoms with Gasteiger partial charge in [-0.05, 0) is 74.0 Å². The molecule has 4 fully saturated rings. The van der Waals surface area contributed by atoms with Crippen molar-refractivity contribution in [1.82, 2.24) is 0 Å². The Morgan fingerprint density at radius 2 is 0.556 bits per heavy atom. The van der Waals surface area contributed by atoms with Crippen molar-refractivity contribution in [3.05, 3.63) is 0 Å². The van der Waals surface area contributed by atoms with E-state index in [1.54, 1.807) is 103 Å². The Balaban J connectivity index is 1.49. The van der Waals surface area contributed by atoms with E-state index in [4.69, 9.17) is 0 Å². The third-order valence-electron chi connectivity index (χ3n) is 8.25. The Labute approximate surface area is 173 Å². The second kappa shape index (κ2) is 11.4. The predicted octanol–water partition coefficient (Wildman–Crippen LogP) is 8.82. The van der Waals surface area contributed by atoms with Crippen molar-refractivity contribution < 1.29 is 0 Å². The smallest absolute Gasteiger partial charge is 0.135 e. The summed E-state index contributed by atoms with van der Waals surface area (Å²) in [5, 5.41) is 0. The van der Waals surface area contributed by atoms with Gasteiger partial charge in [-0.25, -0.2) is 0 Å². The van der Waals surface area contributed by atoms with Crippen LogP contribution >= 0.6 is 15.6 Å². The van der Waals surface area contributed by atoms with Gasteiger partial charge in [0.1, 0.15) is 0 Å². The molecule has 4 aliphatic rings. The molecule has 0 aliphatic heterocycles. The van der Waals surface area contributed by atoms with E-state index in [1.807, 2.05) is 0 Å². The molecule has 0 unspecified atom stereocenters. The van der Waals surface area contributed by atoms with Crippen LogP contribution in [0.2, 0.25) is 0 Å². The van der Waals surface area contributed by atoms with Crippen LogP contribution in [0.15, 0.2) is 0 Å². The lowest BCUT2D eigenvalue weighted by Crippen LogP contribution is -2.28. The fourth-order valence-electron chi connectivity index (χ4n) is 6.64. The van der Waals surface area contributed by atoms with Gasteiger partial charge in [0.2, 0.25) is 0 Å². The van der Waals surface area contributed by atoms with Gasteiger partial charge in [0, 0.05) is 0 Å². The topological polar surface area (TPSA) is 0 Å². The van der Waals surface area contributed by atoms with Gasteiger partial charge in [0.15, 0.2) is 6.72 Å². The van der Waals surface area contributed by atoms with Gasteiger partial charge < -0.3 is 0 Å². The molecule has 0 bridgehead atoms. The van der Waals surface area contributed by atoms with Gasteiger partial charge in [-0.2, -0.15) is 0 Å². The Kier molecular flexibility index (Phi) is 8.90. The third-order valence-corrected chi connectivity index (χ3v) is 15.8. The summed E-state index contributed by atoms with van der Waals surface area (Å²) in [5.41, 5.74) is 4.53. The second-order valence-corrected chi connectivity index (χ2v) is 15.8. The normalized spacial score (nSPS) is 28.1. The van der Waals surface area contributed by atoms with Crippen LogP contribution in [0.3, 0.4) is 0 Å². The Bertz CT molecular complexity index is 331. The minimum absolute atomic E-state index is 0.218. The zero-order valence-corrected chi connectivity index (χ0v) is 19.7. The highest BCUT2D eigenvalue weighted by Crippen LogP contribution is 2.65. The van der Waals surface area contributed by atoms with Gasteiger partial charge in [-0.1, -0.05) is 77.0 Å². The van der Waals surface area contributed by atoms with Crippen molar-refractivity contribution in [3.8, 4) is 0 Å². The Hall–Kier alpha value is 0.925. The maximum atomic E-state index is 3.22. The summed E-state index contributed by atoms with van der Waals surface area (Å²) in [7, 11) is 0.436. The SMILES string of the molecule is [B](P(C1CCCCC1)C1CCCCC1)P(C1CCCCC1)C1CCCCC1. The van der Waals surface area contributed by atoms with Gasteiger partial charge >= 0.3 is 0 Å². The number of rotatable bonds is 6. The van der Waals surface area contributed by atoms with Crippen LogP contribution in [0.25, 0.3) is 0 Å². The number of hydrogen-bond donors (Lipinski definition) is 0. The maximum absolute atomic E-state index is 3.22. The molecule has 1 radical (unpaired) electrons. The van der Waals surface area contributed by atoms with Crippen molar-refractivity contribution in [2.75, 3.05) is 0 Å². The van der Waals surface area contributed by atoms with Gasteiger partial charge in [0.05, 0.1) is 0 Å². The molecule has 3 heteroatoms. The first-order chi connectivity index (χ1) is 13.4. The molecule has 0 amide bonds. The number of hydrogen-bond acceptors (Lipinski definition) is 0. The van der Waals surface area contributed by atoms with Gasteiger partial charge in [-0.15, -0.1) is 15.6 Å². The highest BCUT2D eigenvalue weighted by atomic mass is 31.2. The summed E-state index contributed by atoms with van der Waals surface area (Å²) in [5.74, 6) is 0. The van der Waals surface area contributed by atoms with Crippen LogP contribution in [0.4, 0.5) is 0 Å². The molecule has 0 nitrogen and oxygen atoms in total. The van der Waals surface area contributed by atoms with E-state index in [0.717, 1.165) is 22.6 Å². The van der Waals surface area contributed by atoms with E-state index in [0.29, 0.717) is 0 Å². The molecule has 0 aromatic heterocycles. The molecule has 153 valence electrons. The molecule has 0 aromatic rings. The molecule has 0 saturated heterocycles. The highest BCUT2D eigenvalue weighted by Gasteiger charge is 2.38. The maximum Gasteiger partial charge on any atom is 0.182 e. The monoisotopic (exact) mass is 405 g/mol. The molecule has 0 N–H and O–H groups in total. The zero-order chi connectivity index (χ0) is 18.3. The fraction of sp³-hybridized carbons (Fsp3) is 1.00. The summed E-state index contributed by atoms with van der Waals surface area (Å²) in [4.78, 5) is 0. The second-order valence-electron chi connectivity index (χ2n) is 10.2. The van der Waals surface area contributed by atoms with E-state index in [2.05, 4.69) is 6.72 Å². The molecule has 0 atom stereocenters. The van der Waals surface area contributed by atoms with Crippen LogP contribution in [0.5, 0.6) is 0 Å². The molecule has 0 heterocycles. The first-order valence-electron chi connectivity index (χ1n) is 12.8. The quantitative estimate of drug-likeness (QED) is 0.306. The molecule has 4 saturated carbocycles. The standard InChI is InChI=1S/C24H44BP2/c1-5-13-21(14-6-1)26(22-15-7-2-8-16-22)25-27(23-17-9-3-10-18-23)24-19-11-4-12-20-24/h21-24H,1-20H2. The lowest BCUT2D eigenvalue weighted by Gasteiger charge is -2.45. The molecule has 4 rings (SSSR count). The molecule has 0 spiro atoms. The summed E-state index contributed by atoms with van der Waals surface area (Å²) >= 11 is 0. The summed E-state index contributed by atoms with van der Waals surface area (Å²) in [6.45, 7) is 3.22. The summed E-state index contributed by atoms with van der Waals surface area (Å²) < 4.78 is 0. The van der Waals surface area contributed by atoms with E-state index >= 15 is 0 Å². The average Bonchev–Trinajstić information content (AvgIpc) is 2.77. The predicted molar refractivity (Wildman–Crippen MR) is 127 cm³/mol. The third kappa shape index (κ3) is 5.97. The fourth-order valence-corrected chi connectivity index (χ4v) is 15.9. The van der Waals surface area contributed by atoms with Crippen molar-refractivity contribution in [1.29, 1.82) is 0 Å². The largest absolute Gasteiger partial charge is 0.182 e. The van der Waals surface area contributed by atoms with E-state index in [9.17, 15) is 0 Å². The molecular formula is C24H44BP2. The van der Waals surface area contributed by atoms with Gasteiger partial charge in [-0.3, -0.25) is 0 Å². The minimum atomic E-state index is 0.218. The van der Waals surface area contributed by atoms with Crippen LogP contribution in [-0.2, 0) is 0 Å². The van der Waals surface area contributed by atoms with Crippen LogP contribution in [-0.4, -0.2) is 29.4 Å². The van der Waals surface area contributed by atoms with Crippen LogP contribution < -0.4 is 0 Å². The van der Waals surface area contributed by atoms with Crippen LogP contribution in [0, 0.1) is 0 Å². The van der Waals surface area contributed by atoms with Crippen molar-refractivity contribution in [2.45, 2.75) is 151 Å². The first-order valence-corrected chi connectivity index (χ1v) is 15.9. The van der Waals surface area contributed by atoms with Crippen molar-refractivity contribution in [2.24, 2.45) is 0 Å². The molecule has 27 heavy (non-hydrogen) atoms. The molecular weight excluding hydrogens is 361 g/mol.